The molecule has 0 aliphatic carbocycles. The van der Waals surface area contributed by atoms with Crippen LogP contribution in [0, 0.1) is 0 Å². The Morgan fingerprint density at radius 3 is 2.45 bits per heavy atom. The summed E-state index contributed by atoms with van der Waals surface area (Å²) >= 11 is 3.00. The third-order valence-electron chi connectivity index (χ3n) is 3.23. The molecule has 0 bridgehead atoms. The van der Waals surface area contributed by atoms with E-state index in [1.54, 1.807) is 7.67 Å². The zero-order valence-electron chi connectivity index (χ0n) is 12.7. The molecular formula is C16H22INSeSi. The molecule has 0 spiro atoms. The van der Waals surface area contributed by atoms with E-state index in [0.717, 1.165) is 6.54 Å². The van der Waals surface area contributed by atoms with Gasteiger partial charge in [-0.25, -0.2) is 0 Å². The molecule has 0 amide bonds. The summed E-state index contributed by atoms with van der Waals surface area (Å²) < 4.78 is 4.59. The molecule has 1 heterocycles. The van der Waals surface area contributed by atoms with Gasteiger partial charge in [-0.15, -0.1) is 0 Å². The van der Waals surface area contributed by atoms with E-state index in [1.165, 1.54) is 28.6 Å². The first-order valence-electron chi connectivity index (χ1n) is 7.17. The molecule has 2 rings (SSSR count). The van der Waals surface area contributed by atoms with Gasteiger partial charge in [0.15, 0.2) is 0 Å². The summed E-state index contributed by atoms with van der Waals surface area (Å²) in [4.78, 5) is 4.89. The molecule has 0 unspecified atom stereocenters. The Morgan fingerprint density at radius 2 is 1.85 bits per heavy atom. The van der Waals surface area contributed by atoms with Crippen LogP contribution in [0.15, 0.2) is 32.5 Å². The van der Waals surface area contributed by atoms with E-state index in [9.17, 15) is 0 Å². The molecule has 1 aromatic rings. The van der Waals surface area contributed by atoms with Gasteiger partial charge in [0, 0.05) is 0 Å². The Hall–Kier alpha value is 0.0964. The second-order valence-corrected chi connectivity index (χ2v) is 15.3. The van der Waals surface area contributed by atoms with Crippen molar-refractivity contribution in [1.29, 1.82) is 0 Å². The van der Waals surface area contributed by atoms with Crippen LogP contribution in [-0.2, 0) is 0 Å². The van der Waals surface area contributed by atoms with E-state index in [2.05, 4.69) is 73.4 Å². The van der Waals surface area contributed by atoms with Gasteiger partial charge in [0.25, 0.3) is 0 Å². The topological polar surface area (TPSA) is 12.4 Å². The Bertz CT molecular complexity index is 558. The molecule has 0 radical (unpaired) electrons. The maximum absolute atomic E-state index is 4.89. The van der Waals surface area contributed by atoms with Gasteiger partial charge in [-0.2, -0.15) is 0 Å². The number of fused-ring (bicyclic) bond motifs is 1. The standard InChI is InChI=1S/C16H22INSeSi/c1-5-6-11-18-16-13-10-8-7-9-12(13)14(19-16)15(17)20(2,3)4/h7-10H,5-6,11H2,1-4H3/b15-14+,18-16?. The quantitative estimate of drug-likeness (QED) is 0.342. The molecule has 0 aromatic heterocycles. The summed E-state index contributed by atoms with van der Waals surface area (Å²) in [5.41, 5.74) is 2.85. The Labute approximate surface area is 143 Å². The number of hydrogen-bond donors (Lipinski definition) is 0. The van der Waals surface area contributed by atoms with Crippen molar-refractivity contribution in [2.45, 2.75) is 39.4 Å². The van der Waals surface area contributed by atoms with Crippen LogP contribution < -0.4 is 0 Å². The van der Waals surface area contributed by atoms with Crippen molar-refractivity contribution in [2.24, 2.45) is 4.99 Å². The van der Waals surface area contributed by atoms with E-state index in [1.807, 2.05) is 0 Å². The third-order valence-corrected chi connectivity index (χ3v) is 13.9. The molecule has 4 heteroatoms. The number of halogens is 1. The van der Waals surface area contributed by atoms with Gasteiger partial charge in [0.2, 0.25) is 0 Å². The molecule has 1 aromatic carbocycles. The minimum atomic E-state index is -1.23. The zero-order chi connectivity index (χ0) is 14.8. The van der Waals surface area contributed by atoms with Crippen molar-refractivity contribution in [1.82, 2.24) is 0 Å². The van der Waals surface area contributed by atoms with Gasteiger partial charge in [-0.1, -0.05) is 0 Å². The average molecular weight is 462 g/mol. The summed E-state index contributed by atoms with van der Waals surface area (Å²) in [5, 5.41) is 0. The molecule has 1 aliphatic heterocycles. The maximum atomic E-state index is 4.89. The van der Waals surface area contributed by atoms with Gasteiger partial charge >= 0.3 is 144 Å². The van der Waals surface area contributed by atoms with Gasteiger partial charge < -0.3 is 0 Å². The molecule has 108 valence electrons. The minimum absolute atomic E-state index is 0.397. The van der Waals surface area contributed by atoms with Gasteiger partial charge in [-0.3, -0.25) is 0 Å². The predicted octanol–water partition coefficient (Wildman–Crippen LogP) is 4.93. The van der Waals surface area contributed by atoms with Crippen LogP contribution in [0.4, 0.5) is 0 Å². The summed E-state index contributed by atoms with van der Waals surface area (Å²) in [6.45, 7) is 10.5. The number of aliphatic imine (C=N–C) groups is 1. The molecule has 0 atom stereocenters. The number of rotatable bonds is 4. The van der Waals surface area contributed by atoms with Crippen molar-refractivity contribution in [3.63, 3.8) is 0 Å². The van der Waals surface area contributed by atoms with Crippen LogP contribution in [0.3, 0.4) is 0 Å². The van der Waals surface area contributed by atoms with Crippen molar-refractivity contribution in [3.05, 3.63) is 38.6 Å². The van der Waals surface area contributed by atoms with Crippen LogP contribution in [0.5, 0.6) is 0 Å². The van der Waals surface area contributed by atoms with E-state index in [-0.39, 0.29) is 0 Å². The van der Waals surface area contributed by atoms with Crippen molar-refractivity contribution in [3.8, 4) is 0 Å². The van der Waals surface area contributed by atoms with E-state index in [4.69, 9.17) is 4.99 Å². The number of nitrogens with zero attached hydrogens (tertiary/aromatic N) is 1. The summed E-state index contributed by atoms with van der Waals surface area (Å²) in [6, 6.07) is 8.85. The number of unbranched alkanes of at least 4 members (excludes halogenated alkanes) is 1. The van der Waals surface area contributed by atoms with Crippen LogP contribution in [0.25, 0.3) is 4.47 Å². The van der Waals surface area contributed by atoms with Gasteiger partial charge in [0.1, 0.15) is 0 Å². The van der Waals surface area contributed by atoms with Crippen LogP contribution >= 0.6 is 22.6 Å². The molecule has 0 fully saturated rings. The molecule has 0 saturated carbocycles. The summed E-state index contributed by atoms with van der Waals surface area (Å²) in [7, 11) is -1.23. The number of benzene rings is 1. The summed E-state index contributed by atoms with van der Waals surface area (Å²) in [6.07, 6.45) is 2.42. The van der Waals surface area contributed by atoms with Crippen LogP contribution in [0.1, 0.15) is 30.9 Å². The first-order valence-corrected chi connectivity index (χ1v) is 13.5. The molecule has 1 aliphatic rings. The predicted molar refractivity (Wildman–Crippen MR) is 103 cm³/mol. The SMILES string of the molecule is CCCCN=C1[Se]/C(=C(\I)[Si](C)(C)C)c2ccccc21. The van der Waals surface area contributed by atoms with E-state index < -0.39 is 8.07 Å². The normalized spacial score (nSPS) is 19.4. The zero-order valence-corrected chi connectivity index (χ0v) is 17.5. The second kappa shape index (κ2) is 6.90. The van der Waals surface area contributed by atoms with E-state index in [0.29, 0.717) is 15.0 Å². The summed E-state index contributed by atoms with van der Waals surface area (Å²) in [5.74, 6) is 0. The van der Waals surface area contributed by atoms with Crippen molar-refractivity contribution in [2.75, 3.05) is 6.54 Å². The fourth-order valence-electron chi connectivity index (χ4n) is 2.03. The fourth-order valence-corrected chi connectivity index (χ4v) is 8.03. The van der Waals surface area contributed by atoms with Crippen LogP contribution in [0.2, 0.25) is 19.6 Å². The van der Waals surface area contributed by atoms with Crippen LogP contribution in [-0.4, -0.2) is 34.2 Å². The fraction of sp³-hybridized carbons (Fsp3) is 0.438. The monoisotopic (exact) mass is 463 g/mol. The van der Waals surface area contributed by atoms with Crippen molar-refractivity contribution >= 4 is 54.7 Å². The second-order valence-electron chi connectivity index (χ2n) is 6.08. The first kappa shape index (κ1) is 16.5. The number of hydrogen-bond acceptors (Lipinski definition) is 1. The Morgan fingerprint density at radius 1 is 1.20 bits per heavy atom. The van der Waals surface area contributed by atoms with E-state index >= 15 is 0 Å². The molecular weight excluding hydrogens is 440 g/mol. The Balaban J connectivity index is 2.44. The molecule has 0 saturated heterocycles. The molecule has 0 N–H and O–H groups in total. The molecule has 20 heavy (non-hydrogen) atoms. The van der Waals surface area contributed by atoms with Gasteiger partial charge in [0.05, 0.1) is 0 Å². The first-order chi connectivity index (χ1) is 9.45. The molecule has 1 nitrogen and oxygen atoms in total. The third kappa shape index (κ3) is 3.64. The Kier molecular flexibility index (Phi) is 5.68. The average Bonchev–Trinajstić information content (AvgIpc) is 2.76. The van der Waals surface area contributed by atoms with Gasteiger partial charge in [-0.05, 0) is 0 Å². The van der Waals surface area contributed by atoms with Crippen molar-refractivity contribution < 1.29 is 0 Å².